The molecule has 1 fully saturated rings. The molecule has 2 heterocycles. The third kappa shape index (κ3) is 4.26. The number of carboxylic acid groups (broad SMARTS) is 1. The molecule has 10 heteroatoms. The van der Waals surface area contributed by atoms with Crippen LogP contribution in [-0.2, 0) is 6.18 Å². The smallest absolute Gasteiger partial charge is 0.434 e. The second-order valence-electron chi connectivity index (χ2n) is 6.01. The first-order chi connectivity index (χ1) is 12.8. The summed E-state index contributed by atoms with van der Waals surface area (Å²) in [4.78, 5) is 23.2. The molecule has 1 amide bonds. The average molecular weight is 399 g/mol. The molecule has 1 atom stereocenters. The number of halogens is 3. The van der Waals surface area contributed by atoms with Crippen LogP contribution >= 0.6 is 11.8 Å². The van der Waals surface area contributed by atoms with Crippen molar-refractivity contribution in [2.45, 2.75) is 24.3 Å². The maximum atomic E-state index is 13.3. The lowest BCUT2D eigenvalue weighted by molar-refractivity contribution is -0.143. The van der Waals surface area contributed by atoms with Crippen molar-refractivity contribution in [3.63, 3.8) is 0 Å². The molecular weight excluding hydrogens is 383 g/mol. The van der Waals surface area contributed by atoms with Gasteiger partial charge < -0.3 is 10.4 Å². The number of amides is 1. The zero-order valence-corrected chi connectivity index (χ0v) is 14.8. The van der Waals surface area contributed by atoms with Crippen LogP contribution in [0.3, 0.4) is 0 Å². The number of hydrogen-bond donors (Lipinski definition) is 2. The number of carboxylic acids is 1. The van der Waals surface area contributed by atoms with Gasteiger partial charge in [-0.25, -0.2) is 9.48 Å². The van der Waals surface area contributed by atoms with E-state index in [9.17, 15) is 22.8 Å². The topological polar surface area (TPSA) is 84.2 Å². The van der Waals surface area contributed by atoms with Gasteiger partial charge in [-0.15, -0.1) is 0 Å². The highest BCUT2D eigenvalue weighted by Crippen LogP contribution is 2.33. The first kappa shape index (κ1) is 19.3. The van der Waals surface area contributed by atoms with Crippen LogP contribution in [0, 0.1) is 0 Å². The zero-order valence-electron chi connectivity index (χ0n) is 14.0. The van der Waals surface area contributed by atoms with Crippen LogP contribution in [0.5, 0.6) is 0 Å². The second-order valence-corrected chi connectivity index (χ2v) is 7.42. The molecule has 144 valence electrons. The fourth-order valence-corrected chi connectivity index (χ4v) is 4.04. The van der Waals surface area contributed by atoms with Crippen molar-refractivity contribution < 1.29 is 27.9 Å². The first-order valence-corrected chi connectivity index (χ1v) is 9.21. The lowest BCUT2D eigenvalue weighted by Gasteiger charge is -2.13. The lowest BCUT2D eigenvalue weighted by Crippen LogP contribution is -2.29. The maximum absolute atomic E-state index is 13.3. The molecule has 2 N–H and O–H groups in total. The Hall–Kier alpha value is -2.49. The van der Waals surface area contributed by atoms with E-state index in [0.29, 0.717) is 28.2 Å². The number of carbonyl (C=O) groups is 2. The van der Waals surface area contributed by atoms with Crippen molar-refractivity contribution >= 4 is 23.6 Å². The molecule has 0 spiro atoms. The molecule has 27 heavy (non-hydrogen) atoms. The molecule has 0 bridgehead atoms. The minimum atomic E-state index is -4.89. The van der Waals surface area contributed by atoms with Crippen LogP contribution in [0.1, 0.15) is 39.3 Å². The number of aromatic carboxylic acids is 1. The maximum Gasteiger partial charge on any atom is 0.434 e. The number of rotatable bonds is 5. The molecule has 0 saturated carbocycles. The summed E-state index contributed by atoms with van der Waals surface area (Å²) in [5.74, 6) is -0.940. The Kier molecular flexibility index (Phi) is 5.45. The van der Waals surface area contributed by atoms with E-state index in [2.05, 4.69) is 10.4 Å². The van der Waals surface area contributed by atoms with Crippen molar-refractivity contribution in [2.24, 2.45) is 0 Å². The molecule has 0 radical (unpaired) electrons. The number of hydrogen-bond acceptors (Lipinski definition) is 4. The zero-order chi connectivity index (χ0) is 19.6. The standard InChI is InChI=1S/C17H16F3N3O3S/c18-17(19,20)14-13(16(25)26)9-22-23(14)11-5-3-10(4-6-11)15(24)21-8-12-2-1-7-27-12/h3-6,9,12H,1-2,7-8H2,(H,21,24)(H,25,26)/t12-/m0/s1. The molecule has 1 aliphatic heterocycles. The fourth-order valence-electron chi connectivity index (χ4n) is 2.84. The Balaban J connectivity index is 1.79. The van der Waals surface area contributed by atoms with E-state index in [1.54, 1.807) is 11.8 Å². The van der Waals surface area contributed by atoms with Crippen molar-refractivity contribution in [1.29, 1.82) is 0 Å². The fraction of sp³-hybridized carbons (Fsp3) is 0.353. The van der Waals surface area contributed by atoms with Gasteiger partial charge in [0, 0.05) is 17.4 Å². The van der Waals surface area contributed by atoms with E-state index >= 15 is 0 Å². The normalized spacial score (nSPS) is 17.1. The van der Waals surface area contributed by atoms with E-state index in [0.717, 1.165) is 18.6 Å². The number of nitrogens with zero attached hydrogens (tertiary/aromatic N) is 2. The molecule has 0 aliphatic carbocycles. The van der Waals surface area contributed by atoms with Gasteiger partial charge in [0.25, 0.3) is 5.91 Å². The summed E-state index contributed by atoms with van der Waals surface area (Å²) in [6.45, 7) is 0.546. The van der Waals surface area contributed by atoms with Crippen LogP contribution in [0.25, 0.3) is 5.69 Å². The monoisotopic (exact) mass is 399 g/mol. The third-order valence-corrected chi connectivity index (χ3v) is 5.55. The molecule has 1 saturated heterocycles. The lowest BCUT2D eigenvalue weighted by atomic mass is 10.1. The van der Waals surface area contributed by atoms with E-state index in [4.69, 9.17) is 5.11 Å². The number of aromatic nitrogens is 2. The van der Waals surface area contributed by atoms with Crippen LogP contribution in [0.4, 0.5) is 13.2 Å². The van der Waals surface area contributed by atoms with Gasteiger partial charge in [-0.05, 0) is 42.9 Å². The van der Waals surface area contributed by atoms with Gasteiger partial charge in [0.05, 0.1) is 11.9 Å². The van der Waals surface area contributed by atoms with Gasteiger partial charge in [-0.1, -0.05) is 0 Å². The van der Waals surface area contributed by atoms with Gasteiger partial charge in [0.15, 0.2) is 5.69 Å². The number of carbonyl (C=O) groups excluding carboxylic acids is 1. The Labute approximate surface area is 156 Å². The highest BCUT2D eigenvalue weighted by molar-refractivity contribution is 8.00. The summed E-state index contributed by atoms with van der Waals surface area (Å²) in [7, 11) is 0. The summed E-state index contributed by atoms with van der Waals surface area (Å²) < 4.78 is 40.3. The number of alkyl halides is 3. The van der Waals surface area contributed by atoms with Crippen molar-refractivity contribution in [1.82, 2.24) is 15.1 Å². The van der Waals surface area contributed by atoms with Crippen molar-refractivity contribution in [3.8, 4) is 5.69 Å². The number of benzene rings is 1. The highest BCUT2D eigenvalue weighted by atomic mass is 32.2. The van der Waals surface area contributed by atoms with Crippen LogP contribution in [0.2, 0.25) is 0 Å². The van der Waals surface area contributed by atoms with Crippen molar-refractivity contribution in [3.05, 3.63) is 47.3 Å². The molecule has 3 rings (SSSR count). The average Bonchev–Trinajstić information content (AvgIpc) is 3.29. The second kappa shape index (κ2) is 7.63. The summed E-state index contributed by atoms with van der Waals surface area (Å²) in [6.07, 6.45) is -2.05. The number of thioether (sulfide) groups is 1. The van der Waals surface area contributed by atoms with Gasteiger partial charge in [-0.3, -0.25) is 4.79 Å². The summed E-state index contributed by atoms with van der Waals surface area (Å²) in [6, 6.07) is 5.36. The largest absolute Gasteiger partial charge is 0.478 e. The van der Waals surface area contributed by atoms with E-state index in [-0.39, 0.29) is 11.6 Å². The molecule has 0 unspecified atom stereocenters. The Bertz CT molecular complexity index is 843. The van der Waals surface area contributed by atoms with Crippen LogP contribution in [0.15, 0.2) is 30.5 Å². The van der Waals surface area contributed by atoms with Crippen LogP contribution < -0.4 is 5.32 Å². The van der Waals surface area contributed by atoms with E-state index in [1.165, 1.54) is 24.3 Å². The first-order valence-electron chi connectivity index (χ1n) is 8.16. The molecule has 2 aromatic rings. The molecule has 1 aromatic carbocycles. The van der Waals surface area contributed by atoms with Crippen LogP contribution in [-0.4, -0.2) is 44.3 Å². The van der Waals surface area contributed by atoms with Crippen molar-refractivity contribution in [2.75, 3.05) is 12.3 Å². The van der Waals surface area contributed by atoms with Gasteiger partial charge in [0.2, 0.25) is 0 Å². The molecular formula is C17H16F3N3O3S. The predicted molar refractivity (Wildman–Crippen MR) is 93.3 cm³/mol. The minimum absolute atomic E-state index is 0.0118. The van der Waals surface area contributed by atoms with Gasteiger partial charge in [-0.2, -0.15) is 30.0 Å². The highest BCUT2D eigenvalue weighted by Gasteiger charge is 2.40. The number of nitrogens with one attached hydrogen (secondary N) is 1. The molecule has 6 nitrogen and oxygen atoms in total. The summed E-state index contributed by atoms with van der Waals surface area (Å²) in [5, 5.41) is 15.7. The molecule has 1 aliphatic rings. The Morgan fingerprint density at radius 2 is 2.00 bits per heavy atom. The van der Waals surface area contributed by atoms with Gasteiger partial charge in [0.1, 0.15) is 5.56 Å². The Morgan fingerprint density at radius 1 is 1.30 bits per heavy atom. The van der Waals surface area contributed by atoms with Gasteiger partial charge >= 0.3 is 12.1 Å². The predicted octanol–water partition coefficient (Wildman–Crippen LogP) is 3.21. The SMILES string of the molecule is O=C(NC[C@@H]1CCCS1)c1ccc(-n2ncc(C(=O)O)c2C(F)(F)F)cc1. The summed E-state index contributed by atoms with van der Waals surface area (Å²) >= 11 is 1.81. The third-order valence-electron chi connectivity index (χ3n) is 4.16. The van der Waals surface area contributed by atoms with E-state index < -0.39 is 23.4 Å². The summed E-state index contributed by atoms with van der Waals surface area (Å²) in [5.41, 5.74) is -1.98. The molecule has 1 aromatic heterocycles. The Morgan fingerprint density at radius 3 is 2.56 bits per heavy atom. The quantitative estimate of drug-likeness (QED) is 0.807. The minimum Gasteiger partial charge on any atom is -0.478 e. The van der Waals surface area contributed by atoms with E-state index in [1.807, 2.05) is 0 Å².